The molecule has 0 aromatic heterocycles. The van der Waals surface area contributed by atoms with Gasteiger partial charge in [0.25, 0.3) is 0 Å². The van der Waals surface area contributed by atoms with E-state index in [0.717, 1.165) is 4.48 Å². The summed E-state index contributed by atoms with van der Waals surface area (Å²) in [6, 6.07) is 0. The molecule has 142 valence electrons. The summed E-state index contributed by atoms with van der Waals surface area (Å²) in [5.41, 5.74) is 0. The highest BCUT2D eigenvalue weighted by molar-refractivity contribution is 5.88. The second-order valence-electron chi connectivity index (χ2n) is 7.19. The molecule has 0 fully saturated rings. The third kappa shape index (κ3) is 28.8. The van der Waals surface area contributed by atoms with Crippen LogP contribution < -0.4 is 5.11 Å². The van der Waals surface area contributed by atoms with Crippen LogP contribution in [0.5, 0.6) is 0 Å². The van der Waals surface area contributed by atoms with Gasteiger partial charge in [0, 0.05) is 6.08 Å². The molecule has 0 bridgehead atoms. The highest BCUT2D eigenvalue weighted by Crippen LogP contribution is 2.10. The van der Waals surface area contributed by atoms with E-state index >= 15 is 0 Å². The Kier molecular flexibility index (Phi) is 17.1. The number of rotatable bonds is 13. The Morgan fingerprint density at radius 1 is 0.833 bits per heavy atom. The summed E-state index contributed by atoms with van der Waals surface area (Å²) in [5.74, 6) is -2.80. The van der Waals surface area contributed by atoms with Gasteiger partial charge in [-0.2, -0.15) is 0 Å². The van der Waals surface area contributed by atoms with Crippen LogP contribution in [0.4, 0.5) is 0 Å². The first-order valence-corrected chi connectivity index (χ1v) is 9.11. The van der Waals surface area contributed by atoms with E-state index in [2.05, 4.69) is 28.1 Å². The van der Waals surface area contributed by atoms with Crippen LogP contribution in [0.1, 0.15) is 71.1 Å². The molecular weight excluding hydrogens is 306 g/mol. The highest BCUT2D eigenvalue weighted by atomic mass is 16.4. The normalized spacial score (nSPS) is 11.2. The minimum absolute atomic E-state index is 0.447. The lowest BCUT2D eigenvalue weighted by atomic mass is 10.1. The maximum absolute atomic E-state index is 9.53. The molecule has 0 heterocycles. The number of aliphatic carboxylic acids is 2. The first kappa shape index (κ1) is 24.9. The van der Waals surface area contributed by atoms with Gasteiger partial charge in [-0.05, 0) is 18.9 Å². The predicted molar refractivity (Wildman–Crippen MR) is 96.5 cm³/mol. The molecule has 0 atom stereocenters. The number of carboxylic acids is 2. The lowest BCUT2D eigenvalue weighted by Gasteiger charge is -2.23. The summed E-state index contributed by atoms with van der Waals surface area (Å²) >= 11 is 0. The number of unbranched alkanes of at least 4 members (excludes halogenated alkanes) is 9. The monoisotopic (exact) mass is 343 g/mol. The van der Waals surface area contributed by atoms with Crippen LogP contribution in [-0.4, -0.2) is 49.2 Å². The average Bonchev–Trinajstić information content (AvgIpc) is 2.46. The fraction of sp³-hybridized carbons (Fsp3) is 0.789. The third-order valence-corrected chi connectivity index (χ3v) is 3.54. The molecule has 0 aromatic carbocycles. The van der Waals surface area contributed by atoms with Gasteiger partial charge in [0.2, 0.25) is 0 Å². The van der Waals surface area contributed by atoms with Crippen molar-refractivity contribution in [2.75, 3.05) is 27.7 Å². The van der Waals surface area contributed by atoms with E-state index in [0.29, 0.717) is 12.2 Å². The highest BCUT2D eigenvalue weighted by Gasteiger charge is 2.04. The van der Waals surface area contributed by atoms with Crippen molar-refractivity contribution in [1.82, 2.24) is 0 Å². The van der Waals surface area contributed by atoms with Crippen LogP contribution in [0.2, 0.25) is 0 Å². The van der Waals surface area contributed by atoms with E-state index in [-0.39, 0.29) is 0 Å². The van der Waals surface area contributed by atoms with Crippen LogP contribution in [-0.2, 0) is 9.59 Å². The third-order valence-electron chi connectivity index (χ3n) is 3.54. The van der Waals surface area contributed by atoms with Crippen LogP contribution >= 0.6 is 0 Å². The maximum atomic E-state index is 9.53. The fourth-order valence-electron chi connectivity index (χ4n) is 2.21. The van der Waals surface area contributed by atoms with Crippen molar-refractivity contribution in [3.05, 3.63) is 12.2 Å². The van der Waals surface area contributed by atoms with E-state index in [4.69, 9.17) is 5.11 Å². The number of hydrogen-bond acceptors (Lipinski definition) is 3. The van der Waals surface area contributed by atoms with Crippen molar-refractivity contribution >= 4 is 11.9 Å². The molecule has 0 spiro atoms. The molecular formula is C19H37NO4. The van der Waals surface area contributed by atoms with Gasteiger partial charge < -0.3 is 19.5 Å². The van der Waals surface area contributed by atoms with Crippen LogP contribution in [0.3, 0.4) is 0 Å². The summed E-state index contributed by atoms with van der Waals surface area (Å²) < 4.78 is 1.12. The second kappa shape index (κ2) is 16.5. The molecule has 0 aliphatic carbocycles. The Hall–Kier alpha value is -1.36. The van der Waals surface area contributed by atoms with Crippen molar-refractivity contribution in [2.24, 2.45) is 0 Å². The molecule has 0 aliphatic heterocycles. The lowest BCUT2D eigenvalue weighted by Crippen LogP contribution is -2.35. The van der Waals surface area contributed by atoms with Crippen molar-refractivity contribution in [1.29, 1.82) is 0 Å². The molecule has 0 rings (SSSR count). The molecule has 0 saturated heterocycles. The van der Waals surface area contributed by atoms with E-state index in [9.17, 15) is 14.7 Å². The average molecular weight is 344 g/mol. The van der Waals surface area contributed by atoms with Gasteiger partial charge in [-0.25, -0.2) is 4.79 Å². The number of carbonyl (C=O) groups is 2. The van der Waals surface area contributed by atoms with Crippen LogP contribution in [0, 0.1) is 0 Å². The number of quaternary nitrogens is 1. The van der Waals surface area contributed by atoms with E-state index in [1.165, 1.54) is 70.8 Å². The molecule has 1 N–H and O–H groups in total. The number of carboxylic acid groups (broad SMARTS) is 2. The van der Waals surface area contributed by atoms with Gasteiger partial charge in [-0.1, -0.05) is 58.3 Å². The van der Waals surface area contributed by atoms with Crippen molar-refractivity contribution in [2.45, 2.75) is 71.1 Å². The number of carbonyl (C=O) groups excluding carboxylic acids is 1. The van der Waals surface area contributed by atoms with Crippen molar-refractivity contribution < 1.29 is 24.3 Å². The lowest BCUT2D eigenvalue weighted by molar-refractivity contribution is -0.870. The van der Waals surface area contributed by atoms with Gasteiger partial charge >= 0.3 is 5.97 Å². The molecule has 0 aromatic rings. The Morgan fingerprint density at radius 3 is 1.54 bits per heavy atom. The van der Waals surface area contributed by atoms with Crippen LogP contribution in [0.25, 0.3) is 0 Å². The zero-order chi connectivity index (χ0) is 18.8. The molecule has 5 nitrogen and oxygen atoms in total. The largest absolute Gasteiger partial charge is 0.545 e. The summed E-state index contributed by atoms with van der Waals surface area (Å²) in [4.78, 5) is 19.0. The SMILES string of the molecule is CCCCCCCCCCCC[N+](C)(C)C.O=C([O-])C=CC(=O)O. The van der Waals surface area contributed by atoms with Crippen molar-refractivity contribution in [3.8, 4) is 0 Å². The van der Waals surface area contributed by atoms with E-state index in [1.807, 2.05) is 0 Å². The minimum atomic E-state index is -1.51. The maximum Gasteiger partial charge on any atom is 0.328 e. The first-order valence-electron chi connectivity index (χ1n) is 9.11. The smallest absolute Gasteiger partial charge is 0.328 e. The molecule has 5 heteroatoms. The summed E-state index contributed by atoms with van der Waals surface area (Å²) in [7, 11) is 6.86. The summed E-state index contributed by atoms with van der Waals surface area (Å²) in [6.07, 6.45) is 15.3. The van der Waals surface area contributed by atoms with E-state index < -0.39 is 11.9 Å². The van der Waals surface area contributed by atoms with Crippen molar-refractivity contribution in [3.63, 3.8) is 0 Å². The minimum Gasteiger partial charge on any atom is -0.545 e. The Bertz CT molecular complexity index is 330. The molecule has 24 heavy (non-hydrogen) atoms. The summed E-state index contributed by atoms with van der Waals surface area (Å²) in [6.45, 7) is 3.62. The van der Waals surface area contributed by atoms with E-state index in [1.54, 1.807) is 0 Å². The topological polar surface area (TPSA) is 77.4 Å². The van der Waals surface area contributed by atoms with Gasteiger partial charge in [0.1, 0.15) is 0 Å². The molecule has 0 unspecified atom stereocenters. The number of hydrogen-bond donors (Lipinski definition) is 1. The summed E-state index contributed by atoms with van der Waals surface area (Å²) in [5, 5.41) is 17.2. The Labute approximate surface area is 148 Å². The van der Waals surface area contributed by atoms with Gasteiger partial charge in [0.05, 0.1) is 33.7 Å². The molecule has 0 saturated carbocycles. The quantitative estimate of drug-likeness (QED) is 0.317. The zero-order valence-electron chi connectivity index (χ0n) is 16.1. The second-order valence-corrected chi connectivity index (χ2v) is 7.19. The first-order chi connectivity index (χ1) is 11.2. The Balaban J connectivity index is 0. The van der Waals surface area contributed by atoms with Gasteiger partial charge in [0.15, 0.2) is 0 Å². The van der Waals surface area contributed by atoms with Crippen LogP contribution in [0.15, 0.2) is 12.2 Å². The van der Waals surface area contributed by atoms with Gasteiger partial charge in [-0.3, -0.25) is 0 Å². The number of nitrogens with zero attached hydrogens (tertiary/aromatic N) is 1. The predicted octanol–water partition coefficient (Wildman–Crippen LogP) is 2.99. The molecule has 0 amide bonds. The standard InChI is InChI=1S/C15H34N.C4H4O4/c1-5-6-7-8-9-10-11-12-13-14-15-16(2,3)4;5-3(6)1-2-4(7)8/h5-15H2,1-4H3;1-2H,(H,5,6)(H,7,8)/q+1;/p-1. The Morgan fingerprint density at radius 2 is 1.25 bits per heavy atom. The zero-order valence-corrected chi connectivity index (χ0v) is 16.1. The molecule has 0 aliphatic rings. The van der Waals surface area contributed by atoms with Gasteiger partial charge in [-0.15, -0.1) is 0 Å². The fourth-order valence-corrected chi connectivity index (χ4v) is 2.21. The molecule has 0 radical (unpaired) electrons.